The minimum atomic E-state index is 0. The molecule has 0 saturated heterocycles. The minimum absolute atomic E-state index is 0. The maximum absolute atomic E-state index is 4.52. The number of halogens is 1. The van der Waals surface area contributed by atoms with Gasteiger partial charge in [-0.1, -0.05) is 0 Å². The summed E-state index contributed by atoms with van der Waals surface area (Å²) in [6.45, 7) is 5.08. The molecule has 1 heterocycles. The van der Waals surface area contributed by atoms with Crippen molar-refractivity contribution >= 4 is 41.3 Å². The summed E-state index contributed by atoms with van der Waals surface area (Å²) in [5.74, 6) is 0.914. The maximum Gasteiger partial charge on any atom is 0.191 e. The topological polar surface area (TPSA) is 49.3 Å². The van der Waals surface area contributed by atoms with Crippen LogP contribution in [0.1, 0.15) is 28.4 Å². The van der Waals surface area contributed by atoms with Gasteiger partial charge in [0.25, 0.3) is 0 Å². The molecule has 2 rings (SSSR count). The zero-order chi connectivity index (χ0) is 12.3. The van der Waals surface area contributed by atoms with Gasteiger partial charge in [0.15, 0.2) is 5.96 Å². The molecule has 0 aliphatic heterocycles. The number of rotatable bonds is 4. The van der Waals surface area contributed by atoms with E-state index in [2.05, 4.69) is 34.5 Å². The van der Waals surface area contributed by atoms with Gasteiger partial charge in [-0.15, -0.1) is 35.3 Å². The van der Waals surface area contributed by atoms with Crippen molar-refractivity contribution in [1.29, 1.82) is 0 Å². The number of nitrogens with one attached hydrogen (secondary N) is 2. The van der Waals surface area contributed by atoms with Crippen LogP contribution in [-0.4, -0.2) is 30.6 Å². The van der Waals surface area contributed by atoms with E-state index in [1.165, 1.54) is 22.7 Å². The molecular formula is C12H21IN4S. The molecule has 0 unspecified atom stereocenters. The molecule has 0 bridgehead atoms. The molecule has 0 radical (unpaired) electrons. The standard InChI is InChI=1S/C12H20N4S.HI/c1-8-9(2)17-11(15-8)6-7-14-12(13-3)16-10-4-5-10;/h10H,4-7H2,1-3H3,(H2,13,14,16);1H. The fourth-order valence-electron chi connectivity index (χ4n) is 1.55. The molecule has 1 fully saturated rings. The molecule has 0 atom stereocenters. The van der Waals surface area contributed by atoms with E-state index in [-0.39, 0.29) is 24.0 Å². The summed E-state index contributed by atoms with van der Waals surface area (Å²) in [6, 6.07) is 0.644. The second kappa shape index (κ2) is 7.28. The Morgan fingerprint density at radius 2 is 2.17 bits per heavy atom. The predicted octanol–water partition coefficient (Wildman–Crippen LogP) is 2.25. The number of thiazole rings is 1. The number of aliphatic imine (C=N–C) groups is 1. The maximum atomic E-state index is 4.52. The molecule has 102 valence electrons. The minimum Gasteiger partial charge on any atom is -0.356 e. The molecule has 0 spiro atoms. The number of nitrogens with zero attached hydrogens (tertiary/aromatic N) is 2. The van der Waals surface area contributed by atoms with E-state index >= 15 is 0 Å². The summed E-state index contributed by atoms with van der Waals surface area (Å²) in [5, 5.41) is 7.89. The van der Waals surface area contributed by atoms with Crippen LogP contribution in [0.3, 0.4) is 0 Å². The Morgan fingerprint density at radius 1 is 1.44 bits per heavy atom. The Balaban J connectivity index is 0.00000162. The van der Waals surface area contributed by atoms with E-state index in [9.17, 15) is 0 Å². The molecule has 4 nitrogen and oxygen atoms in total. The van der Waals surface area contributed by atoms with Gasteiger partial charge in [0.05, 0.1) is 10.7 Å². The van der Waals surface area contributed by atoms with Crippen LogP contribution in [-0.2, 0) is 6.42 Å². The second-order valence-electron chi connectivity index (χ2n) is 4.42. The zero-order valence-electron chi connectivity index (χ0n) is 11.1. The molecule has 1 aromatic heterocycles. The van der Waals surface area contributed by atoms with Crippen molar-refractivity contribution in [3.63, 3.8) is 0 Å². The number of aromatic nitrogens is 1. The number of hydrogen-bond acceptors (Lipinski definition) is 3. The molecule has 2 N–H and O–H groups in total. The predicted molar refractivity (Wildman–Crippen MR) is 88.2 cm³/mol. The van der Waals surface area contributed by atoms with Crippen molar-refractivity contribution in [2.24, 2.45) is 4.99 Å². The molecule has 1 aliphatic rings. The van der Waals surface area contributed by atoms with Crippen LogP contribution in [0.5, 0.6) is 0 Å². The van der Waals surface area contributed by atoms with Crippen molar-refractivity contribution in [3.8, 4) is 0 Å². The van der Waals surface area contributed by atoms with E-state index in [0.717, 1.165) is 24.6 Å². The molecular weight excluding hydrogens is 359 g/mol. The van der Waals surface area contributed by atoms with Crippen LogP contribution in [0.4, 0.5) is 0 Å². The smallest absolute Gasteiger partial charge is 0.191 e. The number of aryl methyl sites for hydroxylation is 2. The summed E-state index contributed by atoms with van der Waals surface area (Å²) < 4.78 is 0. The van der Waals surface area contributed by atoms with Gasteiger partial charge in [0.1, 0.15) is 0 Å². The highest BCUT2D eigenvalue weighted by Crippen LogP contribution is 2.18. The van der Waals surface area contributed by atoms with Crippen molar-refractivity contribution in [1.82, 2.24) is 15.6 Å². The van der Waals surface area contributed by atoms with Crippen LogP contribution < -0.4 is 10.6 Å². The second-order valence-corrected chi connectivity index (χ2v) is 5.70. The molecule has 1 aromatic rings. The van der Waals surface area contributed by atoms with E-state index in [1.807, 2.05) is 7.05 Å². The first-order valence-electron chi connectivity index (χ1n) is 6.09. The molecule has 0 amide bonds. The summed E-state index contributed by atoms with van der Waals surface area (Å²) >= 11 is 1.79. The zero-order valence-corrected chi connectivity index (χ0v) is 14.3. The van der Waals surface area contributed by atoms with Gasteiger partial charge >= 0.3 is 0 Å². The quantitative estimate of drug-likeness (QED) is 0.479. The van der Waals surface area contributed by atoms with Crippen LogP contribution in [0.2, 0.25) is 0 Å². The van der Waals surface area contributed by atoms with Gasteiger partial charge in [-0.25, -0.2) is 4.98 Å². The largest absolute Gasteiger partial charge is 0.356 e. The van der Waals surface area contributed by atoms with Gasteiger partial charge in [-0.3, -0.25) is 4.99 Å². The Hall–Kier alpha value is -0.370. The fraction of sp³-hybridized carbons (Fsp3) is 0.667. The Bertz CT molecular complexity index is 393. The van der Waals surface area contributed by atoms with Crippen molar-refractivity contribution in [3.05, 3.63) is 15.6 Å². The molecule has 1 saturated carbocycles. The van der Waals surface area contributed by atoms with E-state index in [1.54, 1.807) is 11.3 Å². The van der Waals surface area contributed by atoms with Gasteiger partial charge in [0.2, 0.25) is 0 Å². The summed E-state index contributed by atoms with van der Waals surface area (Å²) in [6.07, 6.45) is 3.50. The number of guanidine groups is 1. The van der Waals surface area contributed by atoms with Crippen molar-refractivity contribution in [2.75, 3.05) is 13.6 Å². The van der Waals surface area contributed by atoms with E-state index in [0.29, 0.717) is 6.04 Å². The highest BCUT2D eigenvalue weighted by molar-refractivity contribution is 14.0. The third kappa shape index (κ3) is 4.72. The molecule has 18 heavy (non-hydrogen) atoms. The Labute approximate surface area is 130 Å². The van der Waals surface area contributed by atoms with E-state index in [4.69, 9.17) is 0 Å². The van der Waals surface area contributed by atoms with Crippen LogP contribution in [0.15, 0.2) is 4.99 Å². The first-order valence-corrected chi connectivity index (χ1v) is 6.91. The van der Waals surface area contributed by atoms with Gasteiger partial charge in [0, 0.05) is 30.9 Å². The monoisotopic (exact) mass is 380 g/mol. The third-order valence-electron chi connectivity index (χ3n) is 2.85. The summed E-state index contributed by atoms with van der Waals surface area (Å²) in [4.78, 5) is 10.0. The normalized spacial score (nSPS) is 15.2. The number of hydrogen-bond donors (Lipinski definition) is 2. The average molecular weight is 380 g/mol. The van der Waals surface area contributed by atoms with Gasteiger partial charge in [-0.05, 0) is 26.7 Å². The average Bonchev–Trinajstić information content (AvgIpc) is 3.05. The Morgan fingerprint density at radius 3 is 2.67 bits per heavy atom. The van der Waals surface area contributed by atoms with Crippen molar-refractivity contribution in [2.45, 2.75) is 39.2 Å². The highest BCUT2D eigenvalue weighted by Gasteiger charge is 2.21. The third-order valence-corrected chi connectivity index (χ3v) is 3.98. The Kier molecular flexibility index (Phi) is 6.34. The van der Waals surface area contributed by atoms with Crippen molar-refractivity contribution < 1.29 is 0 Å². The lowest BCUT2D eigenvalue weighted by Gasteiger charge is -2.09. The van der Waals surface area contributed by atoms with Crippen LogP contribution >= 0.6 is 35.3 Å². The van der Waals surface area contributed by atoms with Crippen LogP contribution in [0.25, 0.3) is 0 Å². The van der Waals surface area contributed by atoms with Crippen LogP contribution in [0, 0.1) is 13.8 Å². The summed E-state index contributed by atoms with van der Waals surface area (Å²) in [7, 11) is 1.81. The first-order chi connectivity index (χ1) is 8.19. The van der Waals surface area contributed by atoms with E-state index < -0.39 is 0 Å². The molecule has 0 aromatic carbocycles. The fourth-order valence-corrected chi connectivity index (χ4v) is 2.48. The first kappa shape index (κ1) is 15.7. The highest BCUT2D eigenvalue weighted by atomic mass is 127. The lowest BCUT2D eigenvalue weighted by molar-refractivity contribution is 0.788. The molecule has 6 heteroatoms. The summed E-state index contributed by atoms with van der Waals surface area (Å²) in [5.41, 5.74) is 1.16. The lowest BCUT2D eigenvalue weighted by Crippen LogP contribution is -2.39. The van der Waals surface area contributed by atoms with Gasteiger partial charge in [-0.2, -0.15) is 0 Å². The molecule has 1 aliphatic carbocycles. The lowest BCUT2D eigenvalue weighted by atomic mass is 10.4. The van der Waals surface area contributed by atoms with Gasteiger partial charge < -0.3 is 10.6 Å². The SMILES string of the molecule is CN=C(NCCc1nc(C)c(C)s1)NC1CC1.I.